The Kier molecular flexibility index (Phi) is 2.87. The van der Waals surface area contributed by atoms with E-state index in [9.17, 15) is 0 Å². The van der Waals surface area contributed by atoms with E-state index in [0.29, 0.717) is 6.42 Å². The Balaban J connectivity index is 2.15. The van der Waals surface area contributed by atoms with E-state index >= 15 is 0 Å². The fraction of sp³-hybridized carbons (Fsp3) is 0.125. The van der Waals surface area contributed by atoms with Crippen molar-refractivity contribution < 1.29 is 9.52 Å². The fourth-order valence-electron chi connectivity index (χ4n) is 2.20. The summed E-state index contributed by atoms with van der Waals surface area (Å²) in [5, 5.41) is 10.1. The predicted molar refractivity (Wildman–Crippen MR) is 72.4 cm³/mol. The van der Waals surface area contributed by atoms with Gasteiger partial charge in [-0.25, -0.2) is 0 Å². The fourth-order valence-corrected chi connectivity index (χ4v) is 2.20. The van der Waals surface area contributed by atoms with Gasteiger partial charge in [-0.05, 0) is 29.7 Å². The first-order valence-corrected chi connectivity index (χ1v) is 6.05. The van der Waals surface area contributed by atoms with E-state index in [2.05, 4.69) is 18.2 Å². The zero-order valence-corrected chi connectivity index (χ0v) is 9.97. The van der Waals surface area contributed by atoms with Crippen molar-refractivity contribution in [1.29, 1.82) is 0 Å². The van der Waals surface area contributed by atoms with Crippen LogP contribution in [0.15, 0.2) is 59.2 Å². The van der Waals surface area contributed by atoms with Crippen LogP contribution in [0.4, 0.5) is 0 Å². The van der Waals surface area contributed by atoms with Crippen LogP contribution in [-0.4, -0.2) is 11.7 Å². The molecule has 18 heavy (non-hydrogen) atoms. The molecule has 0 saturated heterocycles. The highest BCUT2D eigenvalue weighted by atomic mass is 16.3. The second-order valence-electron chi connectivity index (χ2n) is 4.32. The number of furan rings is 1. The maximum Gasteiger partial charge on any atom is 0.134 e. The van der Waals surface area contributed by atoms with E-state index in [-0.39, 0.29) is 6.61 Å². The average molecular weight is 238 g/mol. The van der Waals surface area contributed by atoms with Gasteiger partial charge in [0.05, 0.1) is 6.26 Å². The van der Waals surface area contributed by atoms with E-state index in [4.69, 9.17) is 9.52 Å². The monoisotopic (exact) mass is 238 g/mol. The Morgan fingerprint density at radius 1 is 1.00 bits per heavy atom. The summed E-state index contributed by atoms with van der Waals surface area (Å²) in [5.41, 5.74) is 4.27. The normalized spacial score (nSPS) is 10.9. The Labute approximate surface area is 105 Å². The SMILES string of the molecule is OCCc1ccc2occ(-c3ccccc3)c2c1. The van der Waals surface area contributed by atoms with Crippen molar-refractivity contribution in [2.24, 2.45) is 0 Å². The van der Waals surface area contributed by atoms with Crippen molar-refractivity contribution in [3.8, 4) is 11.1 Å². The van der Waals surface area contributed by atoms with Crippen LogP contribution in [0.2, 0.25) is 0 Å². The van der Waals surface area contributed by atoms with Gasteiger partial charge >= 0.3 is 0 Å². The summed E-state index contributed by atoms with van der Waals surface area (Å²) in [6, 6.07) is 16.2. The Bertz CT molecular complexity index is 653. The number of hydrogen-bond donors (Lipinski definition) is 1. The molecule has 1 aromatic heterocycles. The Hall–Kier alpha value is -2.06. The molecule has 0 aliphatic rings. The summed E-state index contributed by atoms with van der Waals surface area (Å²) in [4.78, 5) is 0. The topological polar surface area (TPSA) is 33.4 Å². The highest BCUT2D eigenvalue weighted by Gasteiger charge is 2.08. The molecule has 0 bridgehead atoms. The zero-order valence-electron chi connectivity index (χ0n) is 9.97. The first-order chi connectivity index (χ1) is 8.88. The minimum atomic E-state index is 0.171. The predicted octanol–water partition coefficient (Wildman–Crippen LogP) is 3.63. The lowest BCUT2D eigenvalue weighted by molar-refractivity contribution is 0.299. The minimum Gasteiger partial charge on any atom is -0.464 e. The van der Waals surface area contributed by atoms with Crippen molar-refractivity contribution >= 4 is 11.0 Å². The van der Waals surface area contributed by atoms with Crippen LogP contribution in [0.25, 0.3) is 22.1 Å². The molecule has 3 rings (SSSR count). The molecule has 0 atom stereocenters. The lowest BCUT2D eigenvalue weighted by atomic mass is 10.0. The van der Waals surface area contributed by atoms with Gasteiger partial charge in [-0.1, -0.05) is 36.4 Å². The summed E-state index contributed by atoms with van der Waals surface area (Å²) >= 11 is 0. The standard InChI is InChI=1S/C16H14O2/c17-9-8-12-6-7-16-14(10-12)15(11-18-16)13-4-2-1-3-5-13/h1-7,10-11,17H,8-9H2. The van der Waals surface area contributed by atoms with Crippen LogP contribution in [0.5, 0.6) is 0 Å². The molecule has 0 fully saturated rings. The minimum absolute atomic E-state index is 0.171. The van der Waals surface area contributed by atoms with Crippen LogP contribution in [-0.2, 0) is 6.42 Å². The molecule has 3 aromatic rings. The zero-order chi connectivity index (χ0) is 12.4. The highest BCUT2D eigenvalue weighted by molar-refractivity contribution is 5.94. The van der Waals surface area contributed by atoms with Gasteiger partial charge in [-0.3, -0.25) is 0 Å². The van der Waals surface area contributed by atoms with Gasteiger partial charge in [0.2, 0.25) is 0 Å². The third-order valence-corrected chi connectivity index (χ3v) is 3.12. The summed E-state index contributed by atoms with van der Waals surface area (Å²) in [7, 11) is 0. The van der Waals surface area contributed by atoms with Gasteiger partial charge in [-0.2, -0.15) is 0 Å². The Morgan fingerprint density at radius 2 is 1.83 bits per heavy atom. The number of rotatable bonds is 3. The maximum atomic E-state index is 9.01. The third-order valence-electron chi connectivity index (χ3n) is 3.12. The molecule has 0 unspecified atom stereocenters. The largest absolute Gasteiger partial charge is 0.464 e. The van der Waals surface area contributed by atoms with Crippen LogP contribution >= 0.6 is 0 Å². The highest BCUT2D eigenvalue weighted by Crippen LogP contribution is 2.31. The van der Waals surface area contributed by atoms with Crippen molar-refractivity contribution in [3.05, 3.63) is 60.4 Å². The first kappa shape index (κ1) is 11.1. The lowest BCUT2D eigenvalue weighted by Crippen LogP contribution is -1.89. The number of aliphatic hydroxyl groups excluding tert-OH is 1. The molecule has 0 spiro atoms. The molecular formula is C16H14O2. The molecule has 2 heteroatoms. The van der Waals surface area contributed by atoms with Gasteiger partial charge in [0.25, 0.3) is 0 Å². The van der Waals surface area contributed by atoms with Gasteiger partial charge < -0.3 is 9.52 Å². The molecule has 1 heterocycles. The molecule has 2 aromatic carbocycles. The van der Waals surface area contributed by atoms with E-state index in [1.54, 1.807) is 6.26 Å². The van der Waals surface area contributed by atoms with Crippen LogP contribution < -0.4 is 0 Å². The molecule has 0 aliphatic heterocycles. The van der Waals surface area contributed by atoms with Gasteiger partial charge in [0.1, 0.15) is 5.58 Å². The quantitative estimate of drug-likeness (QED) is 0.755. The van der Waals surface area contributed by atoms with Crippen LogP contribution in [0, 0.1) is 0 Å². The molecule has 0 radical (unpaired) electrons. The number of fused-ring (bicyclic) bond motifs is 1. The second-order valence-corrected chi connectivity index (χ2v) is 4.32. The van der Waals surface area contributed by atoms with E-state index < -0.39 is 0 Å². The number of aliphatic hydroxyl groups is 1. The van der Waals surface area contributed by atoms with Crippen LogP contribution in [0.1, 0.15) is 5.56 Å². The average Bonchev–Trinajstić information content (AvgIpc) is 2.83. The molecule has 2 nitrogen and oxygen atoms in total. The molecule has 90 valence electrons. The number of hydrogen-bond acceptors (Lipinski definition) is 2. The van der Waals surface area contributed by atoms with Crippen LogP contribution in [0.3, 0.4) is 0 Å². The van der Waals surface area contributed by atoms with Crippen molar-refractivity contribution in [1.82, 2.24) is 0 Å². The van der Waals surface area contributed by atoms with Gasteiger partial charge in [0.15, 0.2) is 0 Å². The molecule has 0 aliphatic carbocycles. The van der Waals surface area contributed by atoms with Crippen molar-refractivity contribution in [3.63, 3.8) is 0 Å². The smallest absolute Gasteiger partial charge is 0.134 e. The Morgan fingerprint density at radius 3 is 2.61 bits per heavy atom. The molecule has 0 saturated carbocycles. The summed E-state index contributed by atoms with van der Waals surface area (Å²) in [6.45, 7) is 0.171. The number of benzene rings is 2. The lowest BCUT2D eigenvalue weighted by Gasteiger charge is -2.00. The second kappa shape index (κ2) is 4.67. The molecule has 1 N–H and O–H groups in total. The first-order valence-electron chi connectivity index (χ1n) is 6.05. The molecule has 0 amide bonds. The van der Waals surface area contributed by atoms with E-state index in [1.807, 2.05) is 30.3 Å². The van der Waals surface area contributed by atoms with Crippen molar-refractivity contribution in [2.45, 2.75) is 6.42 Å². The van der Waals surface area contributed by atoms with Crippen molar-refractivity contribution in [2.75, 3.05) is 6.61 Å². The van der Waals surface area contributed by atoms with E-state index in [0.717, 1.165) is 27.7 Å². The third kappa shape index (κ3) is 1.91. The summed E-state index contributed by atoms with van der Waals surface area (Å²) in [5.74, 6) is 0. The van der Waals surface area contributed by atoms with Gasteiger partial charge in [0, 0.05) is 17.6 Å². The summed E-state index contributed by atoms with van der Waals surface area (Å²) in [6.07, 6.45) is 2.47. The maximum absolute atomic E-state index is 9.01. The molecular weight excluding hydrogens is 224 g/mol. The summed E-state index contributed by atoms with van der Waals surface area (Å²) < 4.78 is 5.57. The van der Waals surface area contributed by atoms with E-state index in [1.165, 1.54) is 0 Å². The van der Waals surface area contributed by atoms with Gasteiger partial charge in [-0.15, -0.1) is 0 Å².